The van der Waals surface area contributed by atoms with E-state index in [-0.39, 0.29) is 11.7 Å². The lowest BCUT2D eigenvalue weighted by atomic mass is 9.96. The quantitative estimate of drug-likeness (QED) is 0.810. The van der Waals surface area contributed by atoms with Crippen molar-refractivity contribution in [2.45, 2.75) is 26.3 Å². The monoisotopic (exact) mass is 231 g/mol. The summed E-state index contributed by atoms with van der Waals surface area (Å²) in [5.41, 5.74) is 5.83. The van der Waals surface area contributed by atoms with Crippen molar-refractivity contribution in [3.05, 3.63) is 21.3 Å². The Morgan fingerprint density at radius 2 is 2.36 bits per heavy atom. The number of nitrogens with two attached hydrogens (primary N) is 1. The van der Waals surface area contributed by atoms with Crippen molar-refractivity contribution < 1.29 is 4.79 Å². The van der Waals surface area contributed by atoms with E-state index in [2.05, 4.69) is 0 Å². The maximum Gasteiger partial charge on any atom is 0.191 e. The number of hydrogen-bond donors (Lipinski definition) is 1. The molecule has 1 aromatic heterocycles. The summed E-state index contributed by atoms with van der Waals surface area (Å²) in [4.78, 5) is 12.4. The smallest absolute Gasteiger partial charge is 0.191 e. The van der Waals surface area contributed by atoms with Crippen LogP contribution >= 0.6 is 22.9 Å². The van der Waals surface area contributed by atoms with Crippen molar-refractivity contribution in [3.8, 4) is 0 Å². The van der Waals surface area contributed by atoms with E-state index >= 15 is 0 Å². The molecule has 2 nitrogen and oxygen atoms in total. The van der Waals surface area contributed by atoms with Crippen molar-refractivity contribution in [1.82, 2.24) is 0 Å². The van der Waals surface area contributed by atoms with Gasteiger partial charge in [0.05, 0.1) is 15.9 Å². The SMILES string of the molecule is CCC(C)C(N)C(=O)c1sccc1Cl. The molecule has 0 aliphatic rings. The standard InChI is InChI=1S/C10H14ClNOS/c1-3-6(2)8(12)9(13)10-7(11)4-5-14-10/h4-6,8H,3,12H2,1-2H3. The van der Waals surface area contributed by atoms with Gasteiger partial charge in [-0.15, -0.1) is 11.3 Å². The molecular formula is C10H14ClNOS. The highest BCUT2D eigenvalue weighted by Gasteiger charge is 2.23. The van der Waals surface area contributed by atoms with Gasteiger partial charge in [0.25, 0.3) is 0 Å². The summed E-state index contributed by atoms with van der Waals surface area (Å²) in [6.45, 7) is 4.00. The highest BCUT2D eigenvalue weighted by Crippen LogP contribution is 2.24. The molecule has 0 saturated heterocycles. The fraction of sp³-hybridized carbons (Fsp3) is 0.500. The molecule has 2 atom stereocenters. The van der Waals surface area contributed by atoms with Gasteiger partial charge in [0, 0.05) is 0 Å². The molecule has 4 heteroatoms. The second kappa shape index (κ2) is 4.91. The molecule has 0 aromatic carbocycles. The minimum Gasteiger partial charge on any atom is -0.321 e. The molecule has 0 saturated carbocycles. The fourth-order valence-electron chi connectivity index (χ4n) is 1.13. The lowest BCUT2D eigenvalue weighted by molar-refractivity contribution is 0.0939. The molecule has 0 amide bonds. The van der Waals surface area contributed by atoms with E-state index in [4.69, 9.17) is 17.3 Å². The molecule has 0 aliphatic heterocycles. The van der Waals surface area contributed by atoms with Gasteiger partial charge in [0.1, 0.15) is 0 Å². The van der Waals surface area contributed by atoms with Gasteiger partial charge in [-0.2, -0.15) is 0 Å². The Morgan fingerprint density at radius 3 is 2.79 bits per heavy atom. The molecule has 1 aromatic rings. The van der Waals surface area contributed by atoms with Crippen LogP contribution in [0.3, 0.4) is 0 Å². The molecule has 0 radical (unpaired) electrons. The van der Waals surface area contributed by atoms with Crippen LogP contribution in [0.1, 0.15) is 29.9 Å². The van der Waals surface area contributed by atoms with Crippen LogP contribution in [0, 0.1) is 5.92 Å². The first-order chi connectivity index (χ1) is 6.57. The van der Waals surface area contributed by atoms with Crippen molar-refractivity contribution in [1.29, 1.82) is 0 Å². The maximum absolute atomic E-state index is 11.8. The Kier molecular flexibility index (Phi) is 4.11. The van der Waals surface area contributed by atoms with Crippen LogP contribution in [0.15, 0.2) is 11.4 Å². The lowest BCUT2D eigenvalue weighted by Crippen LogP contribution is -2.36. The van der Waals surface area contributed by atoms with Crippen LogP contribution in [0.5, 0.6) is 0 Å². The number of Topliss-reactive ketones (excluding diaryl/α,β-unsaturated/α-hetero) is 1. The summed E-state index contributed by atoms with van der Waals surface area (Å²) in [7, 11) is 0. The van der Waals surface area contributed by atoms with E-state index in [9.17, 15) is 4.79 Å². The Bertz CT molecular complexity index is 324. The van der Waals surface area contributed by atoms with E-state index in [1.807, 2.05) is 13.8 Å². The molecule has 78 valence electrons. The van der Waals surface area contributed by atoms with Gasteiger partial charge in [-0.05, 0) is 17.4 Å². The topological polar surface area (TPSA) is 43.1 Å². The van der Waals surface area contributed by atoms with Crippen LogP contribution in [0.25, 0.3) is 0 Å². The fourth-order valence-corrected chi connectivity index (χ4v) is 2.27. The zero-order valence-corrected chi connectivity index (χ0v) is 9.86. The molecule has 2 N–H and O–H groups in total. The first-order valence-electron chi connectivity index (χ1n) is 4.60. The molecule has 14 heavy (non-hydrogen) atoms. The van der Waals surface area contributed by atoms with Crippen molar-refractivity contribution in [3.63, 3.8) is 0 Å². The average Bonchev–Trinajstić information content (AvgIpc) is 2.61. The summed E-state index contributed by atoms with van der Waals surface area (Å²) in [5, 5.41) is 2.32. The molecule has 0 spiro atoms. The van der Waals surface area contributed by atoms with E-state index in [0.717, 1.165) is 6.42 Å². The Morgan fingerprint density at radius 1 is 1.71 bits per heavy atom. The predicted octanol–water partition coefficient (Wildman–Crippen LogP) is 2.96. The highest BCUT2D eigenvalue weighted by atomic mass is 35.5. The number of carbonyl (C=O) groups excluding carboxylic acids is 1. The van der Waals surface area contributed by atoms with E-state index in [1.54, 1.807) is 11.4 Å². The first-order valence-corrected chi connectivity index (χ1v) is 5.86. The van der Waals surface area contributed by atoms with Crippen molar-refractivity contribution >= 4 is 28.7 Å². The van der Waals surface area contributed by atoms with Crippen LogP contribution in [0.4, 0.5) is 0 Å². The van der Waals surface area contributed by atoms with E-state index in [0.29, 0.717) is 9.90 Å². The largest absolute Gasteiger partial charge is 0.321 e. The highest BCUT2D eigenvalue weighted by molar-refractivity contribution is 7.12. The maximum atomic E-state index is 11.8. The number of hydrogen-bond acceptors (Lipinski definition) is 3. The summed E-state index contributed by atoms with van der Waals surface area (Å²) < 4.78 is 0. The number of rotatable bonds is 4. The van der Waals surface area contributed by atoms with Gasteiger partial charge in [0.15, 0.2) is 5.78 Å². The number of halogens is 1. The summed E-state index contributed by atoms with van der Waals surface area (Å²) in [5.74, 6) is 0.153. The van der Waals surface area contributed by atoms with E-state index < -0.39 is 6.04 Å². The second-order valence-corrected chi connectivity index (χ2v) is 4.70. The van der Waals surface area contributed by atoms with Gasteiger partial charge in [0.2, 0.25) is 0 Å². The minimum atomic E-state index is -0.434. The zero-order chi connectivity index (χ0) is 10.7. The van der Waals surface area contributed by atoms with Crippen LogP contribution in [-0.2, 0) is 0 Å². The summed E-state index contributed by atoms with van der Waals surface area (Å²) in [6, 6.07) is 1.29. The van der Waals surface area contributed by atoms with Crippen LogP contribution in [0.2, 0.25) is 5.02 Å². The zero-order valence-electron chi connectivity index (χ0n) is 8.29. The minimum absolute atomic E-state index is 0.0423. The molecular weight excluding hydrogens is 218 g/mol. The summed E-state index contributed by atoms with van der Waals surface area (Å²) >= 11 is 7.21. The number of ketones is 1. The van der Waals surface area contributed by atoms with Crippen molar-refractivity contribution in [2.24, 2.45) is 11.7 Å². The molecule has 0 fully saturated rings. The van der Waals surface area contributed by atoms with Gasteiger partial charge >= 0.3 is 0 Å². The third-order valence-corrected chi connectivity index (χ3v) is 3.76. The Balaban J connectivity index is 2.81. The van der Waals surface area contributed by atoms with Gasteiger partial charge in [-0.3, -0.25) is 4.79 Å². The molecule has 1 heterocycles. The average molecular weight is 232 g/mol. The van der Waals surface area contributed by atoms with Gasteiger partial charge < -0.3 is 5.73 Å². The van der Waals surface area contributed by atoms with E-state index in [1.165, 1.54) is 11.3 Å². The molecule has 0 bridgehead atoms. The second-order valence-electron chi connectivity index (χ2n) is 3.37. The third-order valence-electron chi connectivity index (χ3n) is 2.40. The third kappa shape index (κ3) is 2.35. The predicted molar refractivity (Wildman–Crippen MR) is 61.1 cm³/mol. The van der Waals surface area contributed by atoms with Gasteiger partial charge in [-0.1, -0.05) is 31.9 Å². The number of thiophene rings is 1. The Hall–Kier alpha value is -0.380. The number of carbonyl (C=O) groups is 1. The molecule has 0 aliphatic carbocycles. The van der Waals surface area contributed by atoms with Crippen molar-refractivity contribution in [2.75, 3.05) is 0 Å². The van der Waals surface area contributed by atoms with Gasteiger partial charge in [-0.25, -0.2) is 0 Å². The Labute approximate surface area is 93.1 Å². The normalized spacial score (nSPS) is 15.1. The van der Waals surface area contributed by atoms with Crippen LogP contribution in [-0.4, -0.2) is 11.8 Å². The summed E-state index contributed by atoms with van der Waals surface area (Å²) in [6.07, 6.45) is 0.899. The molecule has 1 rings (SSSR count). The van der Waals surface area contributed by atoms with Crippen LogP contribution < -0.4 is 5.73 Å². The lowest BCUT2D eigenvalue weighted by Gasteiger charge is -2.16. The first kappa shape index (κ1) is 11.7. The molecule has 2 unspecified atom stereocenters.